The maximum absolute atomic E-state index is 12.2. The number of benzene rings is 1. The zero-order valence-corrected chi connectivity index (χ0v) is 15.7. The second kappa shape index (κ2) is 7.76. The lowest BCUT2D eigenvalue weighted by molar-refractivity contribution is -0.123. The molecule has 25 heavy (non-hydrogen) atoms. The summed E-state index contributed by atoms with van der Waals surface area (Å²) in [5, 5.41) is 6.53. The Morgan fingerprint density at radius 2 is 1.80 bits per heavy atom. The molecule has 0 aliphatic carbocycles. The SMILES string of the molecule is CC(C)C(=O)NCCNC(=O)c1ccc(-c2nc3ccccc3s2)s1. The van der Waals surface area contributed by atoms with Gasteiger partial charge in [-0.15, -0.1) is 22.7 Å². The van der Waals surface area contributed by atoms with Crippen LogP contribution >= 0.6 is 22.7 Å². The highest BCUT2D eigenvalue weighted by molar-refractivity contribution is 7.26. The van der Waals surface area contributed by atoms with Crippen LogP contribution in [0.5, 0.6) is 0 Å². The van der Waals surface area contributed by atoms with E-state index < -0.39 is 0 Å². The lowest BCUT2D eigenvalue weighted by Gasteiger charge is -2.08. The zero-order chi connectivity index (χ0) is 17.8. The standard InChI is InChI=1S/C18H19N3O2S2/c1-11(2)16(22)19-9-10-20-17(23)14-7-8-15(24-14)18-21-12-5-3-4-6-13(12)25-18/h3-8,11H,9-10H2,1-2H3,(H,19,22)(H,20,23). The van der Waals surface area contributed by atoms with Gasteiger partial charge >= 0.3 is 0 Å². The highest BCUT2D eigenvalue weighted by Crippen LogP contribution is 2.34. The number of carbonyl (C=O) groups excluding carboxylic acids is 2. The molecule has 7 heteroatoms. The molecule has 3 rings (SSSR count). The van der Waals surface area contributed by atoms with Gasteiger partial charge < -0.3 is 10.6 Å². The molecule has 0 bridgehead atoms. The van der Waals surface area contributed by atoms with E-state index in [1.807, 2.05) is 50.2 Å². The first-order valence-corrected chi connectivity index (χ1v) is 9.69. The third-order valence-electron chi connectivity index (χ3n) is 3.57. The molecule has 0 aliphatic heterocycles. The molecular formula is C18H19N3O2S2. The molecule has 2 heterocycles. The molecule has 5 nitrogen and oxygen atoms in total. The normalized spacial score (nSPS) is 11.0. The van der Waals surface area contributed by atoms with Gasteiger partial charge in [-0.05, 0) is 24.3 Å². The second-order valence-electron chi connectivity index (χ2n) is 5.85. The third kappa shape index (κ3) is 4.24. The van der Waals surface area contributed by atoms with Crippen molar-refractivity contribution < 1.29 is 9.59 Å². The van der Waals surface area contributed by atoms with Crippen molar-refractivity contribution in [2.45, 2.75) is 13.8 Å². The van der Waals surface area contributed by atoms with Crippen LogP contribution in [0.1, 0.15) is 23.5 Å². The van der Waals surface area contributed by atoms with Crippen LogP contribution in [0, 0.1) is 5.92 Å². The van der Waals surface area contributed by atoms with Gasteiger partial charge in [-0.3, -0.25) is 9.59 Å². The van der Waals surface area contributed by atoms with Gasteiger partial charge in [0.2, 0.25) is 5.91 Å². The number of aromatic nitrogens is 1. The topological polar surface area (TPSA) is 71.1 Å². The Morgan fingerprint density at radius 3 is 2.56 bits per heavy atom. The summed E-state index contributed by atoms with van der Waals surface area (Å²) in [6, 6.07) is 11.7. The first-order valence-electron chi connectivity index (χ1n) is 8.06. The van der Waals surface area contributed by atoms with Crippen LogP contribution in [0.25, 0.3) is 20.1 Å². The molecule has 3 aromatic rings. The molecule has 2 amide bonds. The Balaban J connectivity index is 1.59. The molecular weight excluding hydrogens is 354 g/mol. The van der Waals surface area contributed by atoms with E-state index in [9.17, 15) is 9.59 Å². The fraction of sp³-hybridized carbons (Fsp3) is 0.278. The maximum atomic E-state index is 12.2. The highest BCUT2D eigenvalue weighted by Gasteiger charge is 2.13. The van der Waals surface area contributed by atoms with E-state index in [2.05, 4.69) is 15.6 Å². The summed E-state index contributed by atoms with van der Waals surface area (Å²) >= 11 is 3.05. The van der Waals surface area contributed by atoms with E-state index in [-0.39, 0.29) is 17.7 Å². The Kier molecular flexibility index (Phi) is 5.45. The average Bonchev–Trinajstić information content (AvgIpc) is 3.24. The van der Waals surface area contributed by atoms with Gasteiger partial charge in [-0.25, -0.2) is 4.98 Å². The van der Waals surface area contributed by atoms with Gasteiger partial charge in [0.05, 0.1) is 20.0 Å². The van der Waals surface area contributed by atoms with Crippen LogP contribution in [0.3, 0.4) is 0 Å². The smallest absolute Gasteiger partial charge is 0.261 e. The number of nitrogens with one attached hydrogen (secondary N) is 2. The lowest BCUT2D eigenvalue weighted by Crippen LogP contribution is -2.36. The minimum Gasteiger partial charge on any atom is -0.354 e. The number of thiophene rings is 1. The van der Waals surface area contributed by atoms with Crippen LogP contribution in [-0.2, 0) is 4.79 Å². The van der Waals surface area contributed by atoms with Gasteiger partial charge in [0.15, 0.2) is 0 Å². The molecule has 2 N–H and O–H groups in total. The summed E-state index contributed by atoms with van der Waals surface area (Å²) in [5.41, 5.74) is 0.975. The van der Waals surface area contributed by atoms with Gasteiger partial charge in [-0.2, -0.15) is 0 Å². The molecule has 0 spiro atoms. The predicted molar refractivity (Wildman–Crippen MR) is 103 cm³/mol. The quantitative estimate of drug-likeness (QED) is 0.650. The number of amides is 2. The van der Waals surface area contributed by atoms with E-state index in [1.165, 1.54) is 11.3 Å². The number of hydrogen-bond acceptors (Lipinski definition) is 5. The van der Waals surface area contributed by atoms with Crippen molar-refractivity contribution in [2.24, 2.45) is 5.92 Å². The van der Waals surface area contributed by atoms with Crippen LogP contribution in [0.4, 0.5) is 0 Å². The number of hydrogen-bond donors (Lipinski definition) is 2. The number of thiazole rings is 1. The summed E-state index contributed by atoms with van der Waals surface area (Å²) in [7, 11) is 0. The van der Waals surface area contributed by atoms with Crippen molar-refractivity contribution in [3.05, 3.63) is 41.3 Å². The Hall–Kier alpha value is -2.25. The van der Waals surface area contributed by atoms with Crippen molar-refractivity contribution in [2.75, 3.05) is 13.1 Å². The maximum Gasteiger partial charge on any atom is 0.261 e. The lowest BCUT2D eigenvalue weighted by atomic mass is 10.2. The van der Waals surface area contributed by atoms with Crippen molar-refractivity contribution in [1.82, 2.24) is 15.6 Å². The molecule has 0 atom stereocenters. The van der Waals surface area contributed by atoms with Crippen LogP contribution in [-0.4, -0.2) is 29.9 Å². The zero-order valence-electron chi connectivity index (χ0n) is 14.0. The monoisotopic (exact) mass is 373 g/mol. The van der Waals surface area contributed by atoms with Crippen molar-refractivity contribution >= 4 is 44.7 Å². The fourth-order valence-corrected chi connectivity index (χ4v) is 4.15. The van der Waals surface area contributed by atoms with E-state index in [4.69, 9.17) is 0 Å². The molecule has 130 valence electrons. The Morgan fingerprint density at radius 1 is 1.04 bits per heavy atom. The largest absolute Gasteiger partial charge is 0.354 e. The summed E-state index contributed by atoms with van der Waals surface area (Å²) in [4.78, 5) is 29.9. The van der Waals surface area contributed by atoms with E-state index in [1.54, 1.807) is 11.3 Å². The summed E-state index contributed by atoms with van der Waals surface area (Å²) in [5.74, 6) is -0.191. The summed E-state index contributed by atoms with van der Waals surface area (Å²) < 4.78 is 1.14. The van der Waals surface area contributed by atoms with E-state index >= 15 is 0 Å². The molecule has 1 aromatic carbocycles. The Labute approximate surface area is 154 Å². The van der Waals surface area contributed by atoms with Crippen LogP contribution < -0.4 is 10.6 Å². The number of fused-ring (bicyclic) bond motifs is 1. The van der Waals surface area contributed by atoms with Gasteiger partial charge in [0.1, 0.15) is 5.01 Å². The number of rotatable bonds is 6. The number of carbonyl (C=O) groups is 2. The summed E-state index contributed by atoms with van der Waals surface area (Å²) in [6.07, 6.45) is 0. The van der Waals surface area contributed by atoms with Crippen LogP contribution in [0.15, 0.2) is 36.4 Å². The fourth-order valence-electron chi connectivity index (χ4n) is 2.21. The predicted octanol–water partition coefficient (Wildman–Crippen LogP) is 3.53. The minimum atomic E-state index is -0.129. The first kappa shape index (κ1) is 17.6. The second-order valence-corrected chi connectivity index (χ2v) is 7.97. The van der Waals surface area contributed by atoms with Crippen molar-refractivity contribution in [3.8, 4) is 9.88 Å². The van der Waals surface area contributed by atoms with Gasteiger partial charge in [-0.1, -0.05) is 26.0 Å². The third-order valence-corrected chi connectivity index (χ3v) is 5.86. The number of nitrogens with zero attached hydrogens (tertiary/aromatic N) is 1. The molecule has 0 saturated heterocycles. The van der Waals surface area contributed by atoms with Crippen LogP contribution in [0.2, 0.25) is 0 Å². The average molecular weight is 374 g/mol. The first-order chi connectivity index (χ1) is 12.0. The molecule has 0 unspecified atom stereocenters. The van der Waals surface area contributed by atoms with Gasteiger partial charge in [0.25, 0.3) is 5.91 Å². The molecule has 0 aliphatic rings. The van der Waals surface area contributed by atoms with E-state index in [0.29, 0.717) is 18.0 Å². The van der Waals surface area contributed by atoms with Crippen molar-refractivity contribution in [1.29, 1.82) is 0 Å². The molecule has 0 saturated carbocycles. The minimum absolute atomic E-state index is 0.0107. The van der Waals surface area contributed by atoms with E-state index in [0.717, 1.165) is 20.1 Å². The van der Waals surface area contributed by atoms with Crippen molar-refractivity contribution in [3.63, 3.8) is 0 Å². The molecule has 0 radical (unpaired) electrons. The highest BCUT2D eigenvalue weighted by atomic mass is 32.1. The summed E-state index contributed by atoms with van der Waals surface area (Å²) in [6.45, 7) is 4.51. The molecule has 2 aromatic heterocycles. The van der Waals surface area contributed by atoms with Gasteiger partial charge in [0, 0.05) is 19.0 Å². The number of para-hydroxylation sites is 1. The molecule has 0 fully saturated rings. The Bertz CT molecular complexity index is 866.